The first-order chi connectivity index (χ1) is 13.2. The molecular formula is C19H21ClN4O3S. The number of carbonyl (C=O) groups excluding carboxylic acids is 1. The fourth-order valence-corrected chi connectivity index (χ4v) is 4.36. The Labute approximate surface area is 168 Å². The summed E-state index contributed by atoms with van der Waals surface area (Å²) in [5.74, 6) is -0.157. The summed E-state index contributed by atoms with van der Waals surface area (Å²) in [7, 11) is -3.75. The third-order valence-corrected chi connectivity index (χ3v) is 6.07. The molecule has 1 aromatic heterocycles. The highest BCUT2D eigenvalue weighted by molar-refractivity contribution is 7.89. The summed E-state index contributed by atoms with van der Waals surface area (Å²) >= 11 is 6.16. The van der Waals surface area contributed by atoms with Crippen LogP contribution in [0.1, 0.15) is 31.1 Å². The summed E-state index contributed by atoms with van der Waals surface area (Å²) in [4.78, 5) is 17.2. The van der Waals surface area contributed by atoms with E-state index in [0.717, 1.165) is 11.0 Å². The summed E-state index contributed by atoms with van der Waals surface area (Å²) < 4.78 is 29.2. The number of fused-ring (bicyclic) bond motifs is 1. The zero-order valence-corrected chi connectivity index (χ0v) is 17.3. The van der Waals surface area contributed by atoms with Gasteiger partial charge in [0.05, 0.1) is 26.5 Å². The lowest BCUT2D eigenvalue weighted by Gasteiger charge is -2.12. The van der Waals surface area contributed by atoms with E-state index in [2.05, 4.69) is 15.0 Å². The maximum atomic E-state index is 12.8. The Bertz CT molecular complexity index is 1140. The van der Waals surface area contributed by atoms with Crippen molar-refractivity contribution in [3.63, 3.8) is 0 Å². The van der Waals surface area contributed by atoms with Crippen LogP contribution in [0, 0.1) is 0 Å². The number of aromatic nitrogens is 2. The van der Waals surface area contributed by atoms with Crippen molar-refractivity contribution in [3.05, 3.63) is 53.1 Å². The highest BCUT2D eigenvalue weighted by Crippen LogP contribution is 2.24. The molecule has 0 fully saturated rings. The Kier molecular flexibility index (Phi) is 5.74. The Balaban J connectivity index is 1.96. The van der Waals surface area contributed by atoms with Crippen LogP contribution in [-0.2, 0) is 16.6 Å². The van der Waals surface area contributed by atoms with Gasteiger partial charge in [-0.3, -0.25) is 10.1 Å². The van der Waals surface area contributed by atoms with E-state index < -0.39 is 15.9 Å². The van der Waals surface area contributed by atoms with Crippen LogP contribution in [0.5, 0.6) is 0 Å². The Morgan fingerprint density at radius 3 is 2.61 bits per heavy atom. The quantitative estimate of drug-likeness (QED) is 0.636. The van der Waals surface area contributed by atoms with Crippen LogP contribution in [-0.4, -0.2) is 29.9 Å². The molecule has 2 N–H and O–H groups in total. The zero-order valence-electron chi connectivity index (χ0n) is 15.7. The van der Waals surface area contributed by atoms with E-state index in [9.17, 15) is 13.2 Å². The van der Waals surface area contributed by atoms with Crippen LogP contribution in [0.15, 0.2) is 47.4 Å². The molecule has 1 amide bonds. The highest BCUT2D eigenvalue weighted by atomic mass is 35.5. The molecule has 0 saturated heterocycles. The van der Waals surface area contributed by atoms with Crippen LogP contribution in [0.2, 0.25) is 5.02 Å². The van der Waals surface area contributed by atoms with Crippen molar-refractivity contribution in [2.24, 2.45) is 0 Å². The first kappa shape index (κ1) is 20.3. The van der Waals surface area contributed by atoms with Crippen LogP contribution in [0.3, 0.4) is 0 Å². The molecule has 0 aliphatic heterocycles. The number of nitrogens with one attached hydrogen (secondary N) is 2. The van der Waals surface area contributed by atoms with E-state index in [-0.39, 0.29) is 21.5 Å². The highest BCUT2D eigenvalue weighted by Gasteiger charge is 2.21. The molecule has 2 aromatic carbocycles. The molecule has 0 saturated carbocycles. The second kappa shape index (κ2) is 7.90. The fourth-order valence-electron chi connectivity index (χ4n) is 2.88. The number of hydrogen-bond acceptors (Lipinski definition) is 4. The van der Waals surface area contributed by atoms with Gasteiger partial charge in [-0.15, -0.1) is 0 Å². The topological polar surface area (TPSA) is 93.1 Å². The molecular weight excluding hydrogens is 400 g/mol. The number of carbonyl (C=O) groups is 1. The van der Waals surface area contributed by atoms with Crippen molar-refractivity contribution >= 4 is 44.5 Å². The lowest BCUT2D eigenvalue weighted by molar-refractivity contribution is 0.102. The minimum atomic E-state index is -3.75. The van der Waals surface area contributed by atoms with Crippen LogP contribution >= 0.6 is 11.6 Å². The molecule has 0 aliphatic carbocycles. The van der Waals surface area contributed by atoms with Crippen molar-refractivity contribution in [1.29, 1.82) is 0 Å². The SMILES string of the molecule is CCn1c(NC(=O)c2cc(S(=O)(=O)NC(C)C)ccc2Cl)nc2ccccc21. The molecule has 7 nitrogen and oxygen atoms in total. The van der Waals surface area contributed by atoms with Gasteiger partial charge < -0.3 is 4.57 Å². The molecule has 1 heterocycles. The number of halogens is 1. The molecule has 0 radical (unpaired) electrons. The molecule has 28 heavy (non-hydrogen) atoms. The number of amides is 1. The first-order valence-electron chi connectivity index (χ1n) is 8.81. The molecule has 0 bridgehead atoms. The fraction of sp³-hybridized carbons (Fsp3) is 0.263. The first-order valence-corrected chi connectivity index (χ1v) is 10.7. The van der Waals surface area contributed by atoms with E-state index in [1.54, 1.807) is 13.8 Å². The molecule has 0 atom stereocenters. The smallest absolute Gasteiger partial charge is 0.259 e. The minimum absolute atomic E-state index is 0.0280. The van der Waals surface area contributed by atoms with Gasteiger partial charge in [0, 0.05) is 12.6 Å². The minimum Gasteiger partial charge on any atom is -0.310 e. The maximum Gasteiger partial charge on any atom is 0.259 e. The van der Waals surface area contributed by atoms with Gasteiger partial charge in [0.25, 0.3) is 5.91 Å². The van der Waals surface area contributed by atoms with Gasteiger partial charge in [0.15, 0.2) is 0 Å². The van der Waals surface area contributed by atoms with Crippen molar-refractivity contribution in [2.75, 3.05) is 5.32 Å². The monoisotopic (exact) mass is 420 g/mol. The Morgan fingerprint density at radius 1 is 1.21 bits per heavy atom. The number of benzene rings is 2. The number of rotatable bonds is 6. The summed E-state index contributed by atoms with van der Waals surface area (Å²) in [5.41, 5.74) is 1.70. The third-order valence-electron chi connectivity index (χ3n) is 4.08. The lowest BCUT2D eigenvalue weighted by Crippen LogP contribution is -2.30. The van der Waals surface area contributed by atoms with Gasteiger partial charge in [-0.25, -0.2) is 18.1 Å². The Morgan fingerprint density at radius 2 is 1.93 bits per heavy atom. The largest absolute Gasteiger partial charge is 0.310 e. The van der Waals surface area contributed by atoms with E-state index in [0.29, 0.717) is 12.5 Å². The predicted molar refractivity (Wildman–Crippen MR) is 110 cm³/mol. The second-order valence-corrected chi connectivity index (χ2v) is 8.66. The van der Waals surface area contributed by atoms with Crippen molar-refractivity contribution in [1.82, 2.24) is 14.3 Å². The number of anilines is 1. The number of imidazole rings is 1. The standard InChI is InChI=1S/C19H21ClN4O3S/c1-4-24-17-8-6-5-7-16(17)21-19(24)22-18(25)14-11-13(9-10-15(14)20)28(26,27)23-12(2)3/h5-12,23H,4H2,1-3H3,(H,21,22,25). The van der Waals surface area contributed by atoms with Gasteiger partial charge in [0.2, 0.25) is 16.0 Å². The number of hydrogen-bond donors (Lipinski definition) is 2. The van der Waals surface area contributed by atoms with Crippen molar-refractivity contribution < 1.29 is 13.2 Å². The molecule has 3 rings (SSSR count). The van der Waals surface area contributed by atoms with Crippen molar-refractivity contribution in [2.45, 2.75) is 38.3 Å². The van der Waals surface area contributed by atoms with Crippen LogP contribution < -0.4 is 10.0 Å². The molecule has 148 valence electrons. The zero-order chi connectivity index (χ0) is 20.5. The average Bonchev–Trinajstić information content (AvgIpc) is 2.97. The summed E-state index contributed by atoms with van der Waals surface area (Å²) in [6, 6.07) is 11.3. The van der Waals surface area contributed by atoms with E-state index in [4.69, 9.17) is 11.6 Å². The Hall–Kier alpha value is -2.42. The molecule has 0 aliphatic rings. The third kappa shape index (κ3) is 4.04. The summed E-state index contributed by atoms with van der Waals surface area (Å²) in [6.45, 7) is 5.99. The van der Waals surface area contributed by atoms with E-state index in [1.807, 2.05) is 35.8 Å². The lowest BCUT2D eigenvalue weighted by atomic mass is 10.2. The van der Waals surface area contributed by atoms with E-state index >= 15 is 0 Å². The average molecular weight is 421 g/mol. The summed E-state index contributed by atoms with van der Waals surface area (Å²) in [6.07, 6.45) is 0. The number of aryl methyl sites for hydroxylation is 1. The number of sulfonamides is 1. The normalized spacial score (nSPS) is 11.9. The van der Waals surface area contributed by atoms with E-state index in [1.165, 1.54) is 18.2 Å². The van der Waals surface area contributed by atoms with Gasteiger partial charge >= 0.3 is 0 Å². The van der Waals surface area contributed by atoms with Gasteiger partial charge in [0.1, 0.15) is 0 Å². The molecule has 9 heteroatoms. The molecule has 3 aromatic rings. The van der Waals surface area contributed by atoms with Crippen molar-refractivity contribution in [3.8, 4) is 0 Å². The number of nitrogens with zero attached hydrogens (tertiary/aromatic N) is 2. The maximum absolute atomic E-state index is 12.8. The summed E-state index contributed by atoms with van der Waals surface area (Å²) in [5, 5.41) is 2.89. The molecule has 0 unspecified atom stereocenters. The van der Waals surface area contributed by atoms with Crippen LogP contribution in [0.4, 0.5) is 5.95 Å². The number of para-hydroxylation sites is 2. The van der Waals surface area contributed by atoms with Crippen LogP contribution in [0.25, 0.3) is 11.0 Å². The molecule has 0 spiro atoms. The van der Waals surface area contributed by atoms with Gasteiger partial charge in [-0.2, -0.15) is 0 Å². The predicted octanol–water partition coefficient (Wildman–Crippen LogP) is 3.65. The van der Waals surface area contributed by atoms with Gasteiger partial charge in [-0.05, 0) is 51.1 Å². The van der Waals surface area contributed by atoms with Gasteiger partial charge in [-0.1, -0.05) is 23.7 Å². The second-order valence-electron chi connectivity index (χ2n) is 6.54.